The van der Waals surface area contributed by atoms with Crippen molar-refractivity contribution >= 4 is 51.6 Å². The molecule has 3 aliphatic heterocycles. The van der Waals surface area contributed by atoms with E-state index in [1.165, 1.54) is 10.7 Å². The summed E-state index contributed by atoms with van der Waals surface area (Å²) < 4.78 is 23.0. The second kappa shape index (κ2) is 16.1. The third-order valence-electron chi connectivity index (χ3n) is 13.0. The number of aromatic nitrogens is 3. The zero-order valence-corrected chi connectivity index (χ0v) is 35.0. The quantitative estimate of drug-likeness (QED) is 0.171. The Kier molecular flexibility index (Phi) is 11.1. The number of carbonyl (C=O) groups excluding carboxylic acids is 3. The van der Waals surface area contributed by atoms with Gasteiger partial charge in [0.15, 0.2) is 0 Å². The van der Waals surface area contributed by atoms with Crippen molar-refractivity contribution in [2.24, 2.45) is 16.7 Å². The molecule has 3 saturated heterocycles. The molecule has 2 N–H and O–H groups in total. The lowest BCUT2D eigenvalue weighted by Gasteiger charge is -2.63. The number of pyridine rings is 1. The Morgan fingerprint density at radius 1 is 0.967 bits per heavy atom. The lowest BCUT2D eigenvalue weighted by atomic mass is 9.49. The van der Waals surface area contributed by atoms with Gasteiger partial charge in [-0.25, -0.2) is 9.67 Å². The molecule has 314 valence electrons. The van der Waals surface area contributed by atoms with E-state index in [1.54, 1.807) is 36.5 Å². The van der Waals surface area contributed by atoms with Gasteiger partial charge in [-0.1, -0.05) is 39.3 Å². The molecule has 2 aromatic heterocycles. The Morgan fingerprint density at radius 3 is 2.37 bits per heavy atom. The molecule has 1 aliphatic carbocycles. The van der Waals surface area contributed by atoms with Gasteiger partial charge in [0.05, 0.1) is 27.7 Å². The minimum Gasteiger partial charge on any atom is -0.489 e. The number of anilines is 2. The first-order valence-electron chi connectivity index (χ1n) is 20.5. The van der Waals surface area contributed by atoms with Crippen LogP contribution in [0, 0.1) is 34.0 Å². The van der Waals surface area contributed by atoms with Crippen LogP contribution in [-0.4, -0.2) is 95.3 Å². The summed E-state index contributed by atoms with van der Waals surface area (Å²) in [5, 5.41) is 20.4. The van der Waals surface area contributed by atoms with E-state index in [4.69, 9.17) is 16.3 Å². The van der Waals surface area contributed by atoms with Crippen molar-refractivity contribution in [1.29, 1.82) is 5.26 Å². The molecule has 3 amide bonds. The zero-order chi connectivity index (χ0) is 42.5. The van der Waals surface area contributed by atoms with Crippen LogP contribution in [0.1, 0.15) is 75.3 Å². The first kappa shape index (κ1) is 41.2. The number of nitrogens with one attached hydrogen (secondary N) is 2. The van der Waals surface area contributed by atoms with Crippen molar-refractivity contribution in [3.05, 3.63) is 87.2 Å². The number of benzene rings is 2. The lowest BCUT2D eigenvalue weighted by molar-refractivity contribution is -0.164. The molecule has 1 atom stereocenters. The molecule has 0 spiro atoms. The summed E-state index contributed by atoms with van der Waals surface area (Å²) in [5.41, 5.74) is -0.0568. The molecule has 4 fully saturated rings. The summed E-state index contributed by atoms with van der Waals surface area (Å²) in [5.74, 6) is -0.610. The van der Waals surface area contributed by atoms with Crippen molar-refractivity contribution in [2.45, 2.75) is 71.6 Å². The predicted octanol–water partition coefficient (Wildman–Crippen LogP) is 5.08. The minimum absolute atomic E-state index is 0.101. The molecule has 14 nitrogen and oxygen atoms in total. The van der Waals surface area contributed by atoms with E-state index in [1.807, 2.05) is 45.9 Å². The van der Waals surface area contributed by atoms with Crippen molar-refractivity contribution in [1.82, 2.24) is 30.3 Å². The monoisotopic (exact) mass is 837 g/mol. The molecule has 0 bridgehead atoms. The van der Waals surface area contributed by atoms with Crippen LogP contribution in [0.3, 0.4) is 0 Å². The van der Waals surface area contributed by atoms with Gasteiger partial charge >= 0.3 is 0 Å². The van der Waals surface area contributed by atoms with Gasteiger partial charge in [0, 0.05) is 86.2 Å². The summed E-state index contributed by atoms with van der Waals surface area (Å²) in [6, 6.07) is 14.8. The van der Waals surface area contributed by atoms with E-state index in [0.29, 0.717) is 38.8 Å². The van der Waals surface area contributed by atoms with Crippen LogP contribution < -0.4 is 30.7 Å². The van der Waals surface area contributed by atoms with Crippen LogP contribution in [0.15, 0.2) is 59.5 Å². The average molecular weight is 838 g/mol. The molecule has 4 aromatic rings. The van der Waals surface area contributed by atoms with E-state index in [0.717, 1.165) is 64.3 Å². The Balaban J connectivity index is 0.807. The highest BCUT2D eigenvalue weighted by Crippen LogP contribution is 2.55. The molecule has 2 aromatic carbocycles. The number of piperidine rings is 2. The van der Waals surface area contributed by atoms with E-state index >= 15 is 4.39 Å². The Morgan fingerprint density at radius 2 is 1.70 bits per heavy atom. The lowest BCUT2D eigenvalue weighted by Crippen LogP contribution is -2.74. The maximum Gasteiger partial charge on any atom is 0.275 e. The van der Waals surface area contributed by atoms with Gasteiger partial charge in [-0.3, -0.25) is 29.4 Å². The van der Waals surface area contributed by atoms with Crippen molar-refractivity contribution < 1.29 is 23.5 Å². The van der Waals surface area contributed by atoms with Crippen LogP contribution in [0.5, 0.6) is 5.75 Å². The summed E-state index contributed by atoms with van der Waals surface area (Å²) in [7, 11) is 0. The van der Waals surface area contributed by atoms with Gasteiger partial charge in [-0.2, -0.15) is 14.8 Å². The van der Waals surface area contributed by atoms with E-state index in [9.17, 15) is 24.4 Å². The fourth-order valence-corrected chi connectivity index (χ4v) is 10.2. The van der Waals surface area contributed by atoms with Gasteiger partial charge in [0.2, 0.25) is 11.9 Å². The van der Waals surface area contributed by atoms with E-state index in [2.05, 4.69) is 35.4 Å². The maximum atomic E-state index is 15.5. The molecule has 1 saturated carbocycles. The van der Waals surface area contributed by atoms with Gasteiger partial charge in [-0.05, 0) is 67.6 Å². The number of fused-ring (bicyclic) bond motifs is 1. The molecule has 60 heavy (non-hydrogen) atoms. The zero-order valence-electron chi connectivity index (χ0n) is 34.2. The van der Waals surface area contributed by atoms with Crippen LogP contribution >= 0.6 is 11.6 Å². The third kappa shape index (κ3) is 7.78. The summed E-state index contributed by atoms with van der Waals surface area (Å²) >= 11 is 6.23. The Hall–Kier alpha value is -5.59. The number of ether oxygens (including phenoxy) is 1. The summed E-state index contributed by atoms with van der Waals surface area (Å²) in [4.78, 5) is 61.8. The van der Waals surface area contributed by atoms with Gasteiger partial charge in [-0.15, -0.1) is 0 Å². The van der Waals surface area contributed by atoms with Gasteiger partial charge in [0.25, 0.3) is 17.4 Å². The number of imide groups is 1. The number of halogens is 2. The fraction of sp³-hybridized carbons (Fsp3) is 0.477. The third-order valence-corrected chi connectivity index (χ3v) is 13.3. The first-order chi connectivity index (χ1) is 28.6. The van der Waals surface area contributed by atoms with E-state index < -0.39 is 34.6 Å². The van der Waals surface area contributed by atoms with Crippen molar-refractivity contribution in [2.75, 3.05) is 55.6 Å². The maximum absolute atomic E-state index is 15.5. The number of amides is 3. The highest BCUT2D eigenvalue weighted by atomic mass is 35.5. The standard InChI is InChI=1S/C44H49ClFN9O5/c1-43(2)41(44(3,4)42(43)60-30-7-5-27(23-47)33(45)22-30)51-38(57)32-9-11-35(49-37(32)46)54-15-13-26(14-16-54)25-52-17-19-53(20-18-52)29-6-8-31-28(21-29)24-48-55(40(31)59)34-10-12-36(56)50-39(34)58/h5-9,11,21-22,24,26,34,41-42H,10,12-20,25H2,1-4H3,(H,51,57)(H,50,56,58). The average Bonchev–Trinajstić information content (AvgIpc) is 3.22. The molecule has 5 heterocycles. The van der Waals surface area contributed by atoms with Crippen LogP contribution in [-0.2, 0) is 9.59 Å². The van der Waals surface area contributed by atoms with Crippen LogP contribution in [0.2, 0.25) is 5.02 Å². The number of nitrogens with zero attached hydrogens (tertiary/aromatic N) is 7. The normalized spacial score (nSPS) is 23.1. The molecule has 1 unspecified atom stereocenters. The fourth-order valence-electron chi connectivity index (χ4n) is 9.96. The number of piperazine rings is 1. The SMILES string of the molecule is CC1(C)C(NC(=O)c2ccc(N3CCC(CN4CCN(c5ccc6c(=O)n(C7CCC(=O)NC7=O)ncc6c5)CC4)CC3)nc2F)C(C)(C)C1Oc1ccc(C#N)c(Cl)c1. The minimum atomic E-state index is -0.800. The highest BCUT2D eigenvalue weighted by Gasteiger charge is 2.64. The van der Waals surface area contributed by atoms with E-state index in [-0.39, 0.29) is 42.0 Å². The Bertz CT molecular complexity index is 2440. The predicted molar refractivity (Wildman–Crippen MR) is 225 cm³/mol. The first-order valence-corrected chi connectivity index (χ1v) is 20.9. The van der Waals surface area contributed by atoms with Crippen molar-refractivity contribution in [3.63, 3.8) is 0 Å². The number of carbonyl (C=O) groups is 3. The molecule has 16 heteroatoms. The van der Waals surface area contributed by atoms with Crippen molar-refractivity contribution in [3.8, 4) is 11.8 Å². The molecule has 8 rings (SSSR count). The topological polar surface area (TPSA) is 166 Å². The van der Waals surface area contributed by atoms with Crippen LogP contribution in [0.4, 0.5) is 15.9 Å². The second-order valence-corrected chi connectivity index (χ2v) is 18.1. The Labute approximate surface area is 352 Å². The number of hydrogen-bond acceptors (Lipinski definition) is 11. The highest BCUT2D eigenvalue weighted by molar-refractivity contribution is 6.31. The summed E-state index contributed by atoms with van der Waals surface area (Å²) in [6.07, 6.45) is 3.64. The number of hydrogen-bond donors (Lipinski definition) is 2. The number of nitriles is 1. The molecular weight excluding hydrogens is 789 g/mol. The van der Waals surface area contributed by atoms with Gasteiger partial charge < -0.3 is 19.9 Å². The number of rotatable bonds is 9. The second-order valence-electron chi connectivity index (χ2n) is 17.7. The van der Waals surface area contributed by atoms with Gasteiger partial charge in [0.1, 0.15) is 29.8 Å². The molecular formula is C44H49ClFN9O5. The van der Waals surface area contributed by atoms with Crippen LogP contribution in [0.25, 0.3) is 10.8 Å². The molecule has 0 radical (unpaired) electrons. The largest absolute Gasteiger partial charge is 0.489 e. The molecule has 4 aliphatic rings. The smallest absolute Gasteiger partial charge is 0.275 e. The summed E-state index contributed by atoms with van der Waals surface area (Å²) in [6.45, 7) is 14.0.